The maximum Gasteiger partial charge on any atom is 0.250 e. The van der Waals surface area contributed by atoms with Crippen LogP contribution in [-0.2, 0) is 4.79 Å². The van der Waals surface area contributed by atoms with Crippen molar-refractivity contribution >= 4 is 35.2 Å². The molecule has 7 heteroatoms. The Kier molecular flexibility index (Phi) is 8.47. The molecule has 0 spiro atoms. The molecule has 0 bridgehead atoms. The van der Waals surface area contributed by atoms with Crippen LogP contribution in [0.5, 0.6) is 5.75 Å². The van der Waals surface area contributed by atoms with Crippen molar-refractivity contribution in [1.29, 1.82) is 0 Å². The summed E-state index contributed by atoms with van der Waals surface area (Å²) in [4.78, 5) is 16.6. The molecule has 0 unspecified atom stereocenters. The molecule has 3 aromatic rings. The molecule has 1 heterocycles. The van der Waals surface area contributed by atoms with E-state index in [4.69, 9.17) is 4.74 Å². The molecule has 2 aromatic carbocycles. The van der Waals surface area contributed by atoms with Crippen LogP contribution in [0, 0.1) is 5.92 Å². The number of carbonyl (C=O) groups excluding carboxylic acids is 1. The molecule has 5 nitrogen and oxygen atoms in total. The zero-order valence-corrected chi connectivity index (χ0v) is 18.7. The van der Waals surface area contributed by atoms with Crippen LogP contribution in [0.15, 0.2) is 69.4 Å². The minimum Gasteiger partial charge on any atom is -0.494 e. The lowest BCUT2D eigenvalue weighted by molar-refractivity contribution is -0.118. The molecular formula is C23H25N3O2S2. The number of amides is 1. The van der Waals surface area contributed by atoms with E-state index in [2.05, 4.69) is 29.4 Å². The summed E-state index contributed by atoms with van der Waals surface area (Å²) < 4.78 is 6.56. The van der Waals surface area contributed by atoms with Crippen LogP contribution in [-0.4, -0.2) is 29.5 Å². The highest BCUT2D eigenvalue weighted by Crippen LogP contribution is 2.27. The first kappa shape index (κ1) is 22.1. The number of hydrogen-bond donors (Lipinski definition) is 1. The predicted octanol–water partition coefficient (Wildman–Crippen LogP) is 5.48. The lowest BCUT2D eigenvalue weighted by Gasteiger charge is -2.07. The topological polar surface area (TPSA) is 63.6 Å². The van der Waals surface area contributed by atoms with Gasteiger partial charge in [-0.2, -0.15) is 5.10 Å². The number of aromatic nitrogens is 1. The SMILES string of the molecule is CC(C)CCOc1ccc(/C=N/NC(=O)CSc2nc(-c3ccccc3)cs2)cc1. The number of rotatable bonds is 10. The summed E-state index contributed by atoms with van der Waals surface area (Å²) in [5, 5.41) is 6.03. The average molecular weight is 440 g/mol. The van der Waals surface area contributed by atoms with Crippen molar-refractivity contribution in [3.63, 3.8) is 0 Å². The quantitative estimate of drug-likeness (QED) is 0.258. The van der Waals surface area contributed by atoms with Crippen molar-refractivity contribution in [2.45, 2.75) is 24.6 Å². The van der Waals surface area contributed by atoms with E-state index in [1.807, 2.05) is 60.0 Å². The van der Waals surface area contributed by atoms with Crippen LogP contribution in [0.3, 0.4) is 0 Å². The highest BCUT2D eigenvalue weighted by Gasteiger charge is 2.07. The van der Waals surface area contributed by atoms with E-state index in [1.54, 1.807) is 6.21 Å². The number of thioether (sulfide) groups is 1. The smallest absolute Gasteiger partial charge is 0.250 e. The van der Waals surface area contributed by atoms with Crippen molar-refractivity contribution < 1.29 is 9.53 Å². The monoisotopic (exact) mass is 439 g/mol. The Balaban J connectivity index is 1.40. The van der Waals surface area contributed by atoms with E-state index in [0.717, 1.165) is 33.3 Å². The van der Waals surface area contributed by atoms with Crippen LogP contribution < -0.4 is 10.2 Å². The number of hydrogen-bond acceptors (Lipinski definition) is 6. The number of nitrogens with one attached hydrogen (secondary N) is 1. The maximum absolute atomic E-state index is 12.0. The van der Waals surface area contributed by atoms with Crippen LogP contribution in [0.2, 0.25) is 0 Å². The van der Waals surface area contributed by atoms with Gasteiger partial charge in [0.2, 0.25) is 0 Å². The van der Waals surface area contributed by atoms with Gasteiger partial charge in [-0.1, -0.05) is 55.9 Å². The second-order valence-electron chi connectivity index (χ2n) is 7.05. The molecule has 0 radical (unpaired) electrons. The molecule has 1 aromatic heterocycles. The van der Waals surface area contributed by atoms with Gasteiger partial charge in [-0.3, -0.25) is 4.79 Å². The van der Waals surface area contributed by atoms with Gasteiger partial charge in [0, 0.05) is 10.9 Å². The third-order valence-corrected chi connectivity index (χ3v) is 6.15. The van der Waals surface area contributed by atoms with E-state index in [-0.39, 0.29) is 11.7 Å². The molecule has 3 rings (SSSR count). The Hall–Kier alpha value is -2.64. The number of ether oxygens (including phenoxy) is 1. The minimum absolute atomic E-state index is 0.165. The second kappa shape index (κ2) is 11.5. The maximum atomic E-state index is 12.0. The molecule has 1 amide bonds. The van der Waals surface area contributed by atoms with Crippen LogP contribution in [0.25, 0.3) is 11.3 Å². The Bertz CT molecular complexity index is 954. The molecule has 0 saturated carbocycles. The lowest BCUT2D eigenvalue weighted by Crippen LogP contribution is -2.19. The minimum atomic E-state index is -0.165. The largest absolute Gasteiger partial charge is 0.494 e. The summed E-state index contributed by atoms with van der Waals surface area (Å²) in [5.74, 6) is 1.56. The van der Waals surface area contributed by atoms with Gasteiger partial charge in [-0.15, -0.1) is 11.3 Å². The van der Waals surface area contributed by atoms with Gasteiger partial charge >= 0.3 is 0 Å². The third kappa shape index (κ3) is 7.31. The van der Waals surface area contributed by atoms with Gasteiger partial charge in [0.1, 0.15) is 5.75 Å². The standard InChI is InChI=1S/C23H25N3O2S2/c1-17(2)12-13-28-20-10-8-18(9-11-20)14-24-26-22(27)16-30-23-25-21(15-29-23)19-6-4-3-5-7-19/h3-11,14-15,17H,12-13,16H2,1-2H3,(H,26,27)/b24-14+. The molecule has 0 fully saturated rings. The van der Waals surface area contributed by atoms with Crippen LogP contribution in [0.1, 0.15) is 25.8 Å². The molecule has 0 atom stereocenters. The van der Waals surface area contributed by atoms with Gasteiger partial charge in [0.15, 0.2) is 4.34 Å². The first-order valence-electron chi connectivity index (χ1n) is 9.78. The summed E-state index contributed by atoms with van der Waals surface area (Å²) in [7, 11) is 0. The van der Waals surface area contributed by atoms with Crippen LogP contribution >= 0.6 is 23.1 Å². The Morgan fingerprint density at radius 1 is 1.20 bits per heavy atom. The second-order valence-corrected chi connectivity index (χ2v) is 9.13. The normalized spacial score (nSPS) is 11.2. The van der Waals surface area contributed by atoms with E-state index >= 15 is 0 Å². The zero-order chi connectivity index (χ0) is 21.2. The summed E-state index contributed by atoms with van der Waals surface area (Å²) in [6.07, 6.45) is 2.65. The van der Waals surface area contributed by atoms with Crippen molar-refractivity contribution in [3.05, 3.63) is 65.5 Å². The first-order valence-corrected chi connectivity index (χ1v) is 11.6. The number of hydrazone groups is 1. The van der Waals surface area contributed by atoms with E-state index in [1.165, 1.54) is 23.1 Å². The van der Waals surface area contributed by atoms with Gasteiger partial charge in [0.25, 0.3) is 5.91 Å². The number of thiazole rings is 1. The summed E-state index contributed by atoms with van der Waals surface area (Å²) >= 11 is 2.94. The molecule has 30 heavy (non-hydrogen) atoms. The fourth-order valence-electron chi connectivity index (χ4n) is 2.47. The van der Waals surface area contributed by atoms with Crippen LogP contribution in [0.4, 0.5) is 0 Å². The molecule has 156 valence electrons. The molecular weight excluding hydrogens is 414 g/mol. The molecule has 1 N–H and O–H groups in total. The van der Waals surface area contributed by atoms with E-state index < -0.39 is 0 Å². The summed E-state index contributed by atoms with van der Waals surface area (Å²) in [5.41, 5.74) is 5.46. The van der Waals surface area contributed by atoms with Gasteiger partial charge in [-0.25, -0.2) is 10.4 Å². The van der Waals surface area contributed by atoms with Gasteiger partial charge in [0.05, 0.1) is 24.3 Å². The number of carbonyl (C=O) groups is 1. The fraction of sp³-hybridized carbons (Fsp3) is 0.261. The average Bonchev–Trinajstić information content (AvgIpc) is 3.23. The predicted molar refractivity (Wildman–Crippen MR) is 125 cm³/mol. The number of benzene rings is 2. The summed E-state index contributed by atoms with van der Waals surface area (Å²) in [6.45, 7) is 5.06. The molecule has 0 saturated heterocycles. The fourth-order valence-corrected chi connectivity index (χ4v) is 4.09. The van der Waals surface area contributed by atoms with Gasteiger partial charge < -0.3 is 4.74 Å². The van der Waals surface area contributed by atoms with Gasteiger partial charge in [-0.05, 0) is 42.2 Å². The van der Waals surface area contributed by atoms with Crippen molar-refractivity contribution in [2.75, 3.05) is 12.4 Å². The summed E-state index contributed by atoms with van der Waals surface area (Å²) in [6, 6.07) is 17.6. The Morgan fingerprint density at radius 3 is 2.70 bits per heavy atom. The highest BCUT2D eigenvalue weighted by molar-refractivity contribution is 8.01. The molecule has 0 aliphatic heterocycles. The number of nitrogens with zero attached hydrogens (tertiary/aromatic N) is 2. The lowest BCUT2D eigenvalue weighted by atomic mass is 10.1. The first-order chi connectivity index (χ1) is 14.6. The van der Waals surface area contributed by atoms with Crippen molar-refractivity contribution in [1.82, 2.24) is 10.4 Å². The Morgan fingerprint density at radius 2 is 1.97 bits per heavy atom. The third-order valence-electron chi connectivity index (χ3n) is 4.13. The van der Waals surface area contributed by atoms with E-state index in [0.29, 0.717) is 12.5 Å². The van der Waals surface area contributed by atoms with Crippen molar-refractivity contribution in [3.8, 4) is 17.0 Å². The molecule has 0 aliphatic rings. The van der Waals surface area contributed by atoms with E-state index in [9.17, 15) is 4.79 Å². The van der Waals surface area contributed by atoms with Crippen molar-refractivity contribution in [2.24, 2.45) is 11.0 Å². The zero-order valence-electron chi connectivity index (χ0n) is 17.1. The Labute approximate surface area is 185 Å². The highest BCUT2D eigenvalue weighted by atomic mass is 32.2. The molecule has 0 aliphatic carbocycles.